The highest BCUT2D eigenvalue weighted by Gasteiger charge is 2.31. The smallest absolute Gasteiger partial charge is 0.346 e. The summed E-state index contributed by atoms with van der Waals surface area (Å²) in [7, 11) is -3.26. The number of aromatic carboxylic acids is 1. The van der Waals surface area contributed by atoms with Crippen molar-refractivity contribution in [2.24, 2.45) is 5.41 Å². The van der Waals surface area contributed by atoms with Gasteiger partial charge in [0.05, 0.1) is 17.6 Å². The largest absolute Gasteiger partial charge is 0.477 e. The Morgan fingerprint density at radius 3 is 2.46 bits per heavy atom. The number of aryl methyl sites for hydroxylation is 2. The second kappa shape index (κ2) is 8.66. The van der Waals surface area contributed by atoms with Crippen molar-refractivity contribution in [1.29, 1.82) is 0 Å². The third kappa shape index (κ3) is 5.58. The van der Waals surface area contributed by atoms with Crippen molar-refractivity contribution in [3.8, 4) is 11.8 Å². The van der Waals surface area contributed by atoms with Crippen LogP contribution in [0.3, 0.4) is 0 Å². The lowest BCUT2D eigenvalue weighted by molar-refractivity contribution is 0.0701. The van der Waals surface area contributed by atoms with E-state index in [1.54, 1.807) is 13.0 Å². The lowest BCUT2D eigenvalue weighted by atomic mass is 9.98. The first-order valence-electron chi connectivity index (χ1n) is 9.16. The number of carboxylic acids is 1. The van der Waals surface area contributed by atoms with E-state index < -0.39 is 13.3 Å². The van der Waals surface area contributed by atoms with Crippen LogP contribution in [0.25, 0.3) is 0 Å². The second-order valence-corrected chi connectivity index (χ2v) is 11.3. The van der Waals surface area contributed by atoms with Gasteiger partial charge in [-0.3, -0.25) is 4.57 Å². The zero-order chi connectivity index (χ0) is 21.1. The monoisotopic (exact) mass is 418 g/mol. The summed E-state index contributed by atoms with van der Waals surface area (Å²) in [5, 5.41) is 10.3. The van der Waals surface area contributed by atoms with Crippen molar-refractivity contribution >= 4 is 30.0 Å². The van der Waals surface area contributed by atoms with Crippen LogP contribution in [0.5, 0.6) is 0 Å². The number of hydrogen-bond acceptors (Lipinski definition) is 4. The quantitative estimate of drug-likeness (QED) is 0.490. The first-order valence-corrected chi connectivity index (χ1v) is 11.8. The third-order valence-electron chi connectivity index (χ3n) is 4.00. The molecule has 0 spiro atoms. The Balaban J connectivity index is 2.52. The van der Waals surface area contributed by atoms with E-state index in [0.29, 0.717) is 15.7 Å². The molecule has 1 N–H and O–H groups in total. The van der Waals surface area contributed by atoms with Crippen LogP contribution in [0.15, 0.2) is 24.3 Å². The highest BCUT2D eigenvalue weighted by atomic mass is 32.1. The van der Waals surface area contributed by atoms with E-state index in [9.17, 15) is 14.5 Å². The molecule has 150 valence electrons. The van der Waals surface area contributed by atoms with E-state index >= 15 is 0 Å². The number of hydrogen-bond donors (Lipinski definition) is 1. The van der Waals surface area contributed by atoms with Gasteiger partial charge in [-0.2, -0.15) is 0 Å². The molecule has 6 heteroatoms. The molecular weight excluding hydrogens is 391 g/mol. The Hall–Kier alpha value is -1.86. The van der Waals surface area contributed by atoms with Crippen molar-refractivity contribution in [2.45, 2.75) is 47.7 Å². The molecule has 1 heterocycles. The molecule has 0 saturated heterocycles. The molecule has 0 saturated carbocycles. The van der Waals surface area contributed by atoms with Gasteiger partial charge in [0.15, 0.2) is 0 Å². The van der Waals surface area contributed by atoms with Gasteiger partial charge >= 0.3 is 5.97 Å². The fourth-order valence-electron chi connectivity index (χ4n) is 2.86. The van der Waals surface area contributed by atoms with Gasteiger partial charge in [-0.1, -0.05) is 29.5 Å². The van der Waals surface area contributed by atoms with Crippen molar-refractivity contribution in [3.63, 3.8) is 0 Å². The van der Waals surface area contributed by atoms with Gasteiger partial charge in [-0.05, 0) is 64.8 Å². The standard InChI is InChI=1S/C22H27O4PS/c1-7-26-27(25,19-9-8-15(2)12-16(19)3)14-17-13-18(10-11-22(4,5)6)28-20(17)21(23)24/h8-9,12-13H,7,14H2,1-6H3,(H,23,24). The van der Waals surface area contributed by atoms with Gasteiger partial charge in [0, 0.05) is 10.7 Å². The van der Waals surface area contributed by atoms with Crippen LogP contribution in [0.2, 0.25) is 0 Å². The molecule has 0 fully saturated rings. The number of thiophene rings is 1. The lowest BCUT2D eigenvalue weighted by Gasteiger charge is -2.20. The molecule has 0 aliphatic heterocycles. The van der Waals surface area contributed by atoms with E-state index in [2.05, 4.69) is 11.8 Å². The SMILES string of the molecule is CCOP(=O)(Cc1cc(C#CC(C)(C)C)sc1C(=O)O)c1ccc(C)cc1C. The van der Waals surface area contributed by atoms with Crippen LogP contribution >= 0.6 is 18.7 Å². The van der Waals surface area contributed by atoms with Crippen LogP contribution in [-0.4, -0.2) is 17.7 Å². The molecule has 1 aromatic heterocycles. The van der Waals surface area contributed by atoms with Gasteiger partial charge in [0.25, 0.3) is 0 Å². The zero-order valence-electron chi connectivity index (χ0n) is 17.3. The summed E-state index contributed by atoms with van der Waals surface area (Å²) in [6, 6.07) is 7.43. The predicted octanol–water partition coefficient (Wildman–Crippen LogP) is 5.60. The molecule has 0 bridgehead atoms. The highest BCUT2D eigenvalue weighted by molar-refractivity contribution is 7.66. The first-order chi connectivity index (χ1) is 12.9. The maximum atomic E-state index is 13.8. The molecule has 1 unspecified atom stereocenters. The summed E-state index contributed by atoms with van der Waals surface area (Å²) >= 11 is 1.12. The van der Waals surface area contributed by atoms with Crippen LogP contribution in [0.4, 0.5) is 0 Å². The van der Waals surface area contributed by atoms with Crippen LogP contribution < -0.4 is 5.30 Å². The predicted molar refractivity (Wildman–Crippen MR) is 116 cm³/mol. The van der Waals surface area contributed by atoms with E-state index in [-0.39, 0.29) is 23.1 Å². The normalized spacial score (nSPS) is 13.5. The molecule has 0 aliphatic carbocycles. The molecule has 28 heavy (non-hydrogen) atoms. The average Bonchev–Trinajstić information content (AvgIpc) is 2.95. The maximum Gasteiger partial charge on any atom is 0.346 e. The third-order valence-corrected chi connectivity index (χ3v) is 7.75. The van der Waals surface area contributed by atoms with Gasteiger partial charge in [-0.25, -0.2) is 4.79 Å². The van der Waals surface area contributed by atoms with Gasteiger partial charge in [-0.15, -0.1) is 11.3 Å². The summed E-state index contributed by atoms with van der Waals surface area (Å²) in [5.74, 6) is 5.14. The minimum Gasteiger partial charge on any atom is -0.477 e. The zero-order valence-corrected chi connectivity index (χ0v) is 19.0. The Labute approximate surface area is 171 Å². The minimum atomic E-state index is -3.26. The van der Waals surface area contributed by atoms with Gasteiger partial charge in [0.2, 0.25) is 7.37 Å². The number of benzene rings is 1. The van der Waals surface area contributed by atoms with Gasteiger partial charge < -0.3 is 9.63 Å². The highest BCUT2D eigenvalue weighted by Crippen LogP contribution is 2.51. The van der Waals surface area contributed by atoms with E-state index in [0.717, 1.165) is 22.5 Å². The molecule has 2 rings (SSSR count). The fraction of sp³-hybridized carbons (Fsp3) is 0.409. The second-order valence-electron chi connectivity index (χ2n) is 7.81. The molecule has 4 nitrogen and oxygen atoms in total. The molecule has 2 aromatic rings. The summed E-state index contributed by atoms with van der Waals surface area (Å²) in [6.45, 7) is 11.9. The molecular formula is C22H27O4PS. The number of carbonyl (C=O) groups is 1. The van der Waals surface area contributed by atoms with E-state index in [1.807, 2.05) is 52.8 Å². The minimum absolute atomic E-state index is 0.0417. The van der Waals surface area contributed by atoms with Crippen molar-refractivity contribution < 1.29 is 19.0 Å². The Morgan fingerprint density at radius 2 is 1.93 bits per heavy atom. The summed E-state index contributed by atoms with van der Waals surface area (Å²) in [5.41, 5.74) is 2.28. The number of carboxylic acid groups (broad SMARTS) is 1. The number of rotatable bonds is 6. The molecule has 1 atom stereocenters. The molecule has 0 amide bonds. The Bertz CT molecular complexity index is 986. The Kier molecular flexibility index (Phi) is 6.93. The van der Waals surface area contributed by atoms with Crippen LogP contribution in [0, 0.1) is 31.1 Å². The topological polar surface area (TPSA) is 63.6 Å². The summed E-state index contributed by atoms with van der Waals surface area (Å²) in [6.07, 6.45) is 0.0417. The van der Waals surface area contributed by atoms with Crippen molar-refractivity contribution in [1.82, 2.24) is 0 Å². The van der Waals surface area contributed by atoms with E-state index in [4.69, 9.17) is 4.52 Å². The lowest BCUT2D eigenvalue weighted by Crippen LogP contribution is -2.14. The van der Waals surface area contributed by atoms with Crippen molar-refractivity contribution in [2.75, 3.05) is 6.61 Å². The van der Waals surface area contributed by atoms with Gasteiger partial charge in [0.1, 0.15) is 4.88 Å². The van der Waals surface area contributed by atoms with E-state index in [1.165, 1.54) is 0 Å². The van der Waals surface area contributed by atoms with Crippen molar-refractivity contribution in [3.05, 3.63) is 50.7 Å². The molecule has 0 aliphatic rings. The van der Waals surface area contributed by atoms with Crippen LogP contribution in [0.1, 0.15) is 58.9 Å². The maximum absolute atomic E-state index is 13.8. The summed E-state index contributed by atoms with van der Waals surface area (Å²) < 4.78 is 19.5. The fourth-order valence-corrected chi connectivity index (χ4v) is 6.26. The Morgan fingerprint density at radius 1 is 1.25 bits per heavy atom. The molecule has 1 aromatic carbocycles. The first kappa shape index (κ1) is 22.4. The summed E-state index contributed by atoms with van der Waals surface area (Å²) in [4.78, 5) is 12.6. The molecule has 0 radical (unpaired) electrons. The average molecular weight is 418 g/mol. The van der Waals surface area contributed by atoms with Crippen LogP contribution in [-0.2, 0) is 15.3 Å².